The zero-order valence-electron chi connectivity index (χ0n) is 12.5. The molecule has 2 heterocycles. The van der Waals surface area contributed by atoms with Crippen LogP contribution in [-0.4, -0.2) is 42.0 Å². The molecular weight excluding hydrogens is 302 g/mol. The number of aromatic amines is 1. The highest BCUT2D eigenvalue weighted by Gasteiger charge is 2.29. The van der Waals surface area contributed by atoms with Crippen LogP contribution in [0.5, 0.6) is 0 Å². The van der Waals surface area contributed by atoms with E-state index in [-0.39, 0.29) is 29.9 Å². The van der Waals surface area contributed by atoms with Crippen LogP contribution in [0.15, 0.2) is 35.1 Å². The minimum Gasteiger partial charge on any atom is -0.333 e. The fourth-order valence-electron chi connectivity index (χ4n) is 3.03. The van der Waals surface area contributed by atoms with Gasteiger partial charge in [0.15, 0.2) is 0 Å². The van der Waals surface area contributed by atoms with Gasteiger partial charge in [0.05, 0.1) is 0 Å². The first-order chi connectivity index (χ1) is 10.2. The van der Waals surface area contributed by atoms with Gasteiger partial charge in [-0.2, -0.15) is 0 Å². The molecule has 1 aromatic carbocycles. The van der Waals surface area contributed by atoms with Crippen molar-refractivity contribution in [2.75, 3.05) is 20.1 Å². The summed E-state index contributed by atoms with van der Waals surface area (Å²) in [7, 11) is 1.89. The summed E-state index contributed by atoms with van der Waals surface area (Å²) in [6, 6.07) is 9.29. The number of pyridine rings is 1. The van der Waals surface area contributed by atoms with Crippen LogP contribution in [-0.2, 0) is 0 Å². The number of fused-ring (bicyclic) bond motifs is 1. The second kappa shape index (κ2) is 6.94. The second-order valence-corrected chi connectivity index (χ2v) is 5.45. The standard InChI is InChI=1S/C16H19N3O2.ClH/c1-17-10-12-6-4-8-19(12)16(21)14-9-11-5-2-3-7-13(11)15(20)18-14;/h2-3,5,7,9,12,17H,4,6,8,10H2,1H3,(H,18,20);1H. The zero-order chi connectivity index (χ0) is 14.8. The first-order valence-electron chi connectivity index (χ1n) is 7.28. The maximum absolute atomic E-state index is 12.7. The van der Waals surface area contributed by atoms with Gasteiger partial charge in [-0.25, -0.2) is 0 Å². The minimum atomic E-state index is -0.208. The number of benzene rings is 1. The number of hydrogen-bond acceptors (Lipinski definition) is 3. The van der Waals surface area contributed by atoms with Crippen molar-refractivity contribution in [1.29, 1.82) is 0 Å². The van der Waals surface area contributed by atoms with Crippen LogP contribution in [0, 0.1) is 0 Å². The van der Waals surface area contributed by atoms with Gasteiger partial charge in [0, 0.05) is 24.5 Å². The fraction of sp³-hybridized carbons (Fsp3) is 0.375. The number of rotatable bonds is 3. The molecule has 22 heavy (non-hydrogen) atoms. The minimum absolute atomic E-state index is 0. The van der Waals surface area contributed by atoms with Gasteiger partial charge in [-0.1, -0.05) is 18.2 Å². The molecule has 0 saturated carbocycles. The number of H-pyrrole nitrogens is 1. The molecule has 1 saturated heterocycles. The monoisotopic (exact) mass is 321 g/mol. The molecule has 0 bridgehead atoms. The van der Waals surface area contributed by atoms with Crippen molar-refractivity contribution in [3.63, 3.8) is 0 Å². The van der Waals surface area contributed by atoms with E-state index in [1.54, 1.807) is 12.1 Å². The van der Waals surface area contributed by atoms with E-state index in [2.05, 4.69) is 10.3 Å². The lowest BCUT2D eigenvalue weighted by atomic mass is 10.1. The quantitative estimate of drug-likeness (QED) is 0.905. The van der Waals surface area contributed by atoms with Crippen molar-refractivity contribution in [1.82, 2.24) is 15.2 Å². The number of nitrogens with zero attached hydrogens (tertiary/aromatic N) is 1. The Hall–Kier alpha value is -1.85. The topological polar surface area (TPSA) is 65.2 Å². The largest absolute Gasteiger partial charge is 0.333 e. The molecule has 1 aromatic heterocycles. The van der Waals surface area contributed by atoms with Crippen LogP contribution >= 0.6 is 12.4 Å². The van der Waals surface area contributed by atoms with Gasteiger partial charge in [0.25, 0.3) is 11.5 Å². The van der Waals surface area contributed by atoms with Crippen molar-refractivity contribution in [2.24, 2.45) is 0 Å². The summed E-state index contributed by atoms with van der Waals surface area (Å²) in [6.45, 7) is 1.53. The Morgan fingerprint density at radius 2 is 2.18 bits per heavy atom. The molecule has 0 radical (unpaired) electrons. The number of hydrogen-bond donors (Lipinski definition) is 2. The van der Waals surface area contributed by atoms with Crippen LogP contribution < -0.4 is 10.9 Å². The molecular formula is C16H20ClN3O2. The average molecular weight is 322 g/mol. The molecule has 0 aliphatic carbocycles. The van der Waals surface area contributed by atoms with E-state index in [0.717, 1.165) is 31.3 Å². The Labute approximate surface area is 135 Å². The normalized spacial score (nSPS) is 17.5. The predicted octanol–water partition coefficient (Wildman–Crippen LogP) is 1.77. The van der Waals surface area contributed by atoms with E-state index >= 15 is 0 Å². The first kappa shape index (κ1) is 16.5. The van der Waals surface area contributed by atoms with Crippen LogP contribution in [0.2, 0.25) is 0 Å². The molecule has 1 aliphatic heterocycles. The van der Waals surface area contributed by atoms with E-state index < -0.39 is 0 Å². The lowest BCUT2D eigenvalue weighted by Gasteiger charge is -2.24. The Morgan fingerprint density at radius 1 is 1.41 bits per heavy atom. The molecule has 2 N–H and O–H groups in total. The SMILES string of the molecule is CNCC1CCCN1C(=O)c1cc2ccccc2c(=O)[nH]1.Cl. The molecule has 1 fully saturated rings. The first-order valence-corrected chi connectivity index (χ1v) is 7.28. The maximum atomic E-state index is 12.7. The number of carbonyl (C=O) groups is 1. The van der Waals surface area contributed by atoms with Gasteiger partial charge in [0.1, 0.15) is 5.69 Å². The van der Waals surface area contributed by atoms with Gasteiger partial charge in [-0.05, 0) is 37.4 Å². The molecule has 0 spiro atoms. The number of carbonyl (C=O) groups excluding carboxylic acids is 1. The molecule has 1 unspecified atom stereocenters. The molecule has 6 heteroatoms. The zero-order valence-corrected chi connectivity index (χ0v) is 13.3. The van der Waals surface area contributed by atoms with Gasteiger partial charge in [0.2, 0.25) is 0 Å². The van der Waals surface area contributed by atoms with Crippen LogP contribution in [0.25, 0.3) is 10.8 Å². The summed E-state index contributed by atoms with van der Waals surface area (Å²) in [5.41, 5.74) is 0.169. The summed E-state index contributed by atoms with van der Waals surface area (Å²) >= 11 is 0. The summed E-state index contributed by atoms with van der Waals surface area (Å²) in [6.07, 6.45) is 2.01. The summed E-state index contributed by atoms with van der Waals surface area (Å²) in [5.74, 6) is -0.0874. The molecule has 1 aliphatic rings. The predicted molar refractivity (Wildman–Crippen MR) is 89.8 cm³/mol. The Kier molecular flexibility index (Phi) is 5.21. The second-order valence-electron chi connectivity index (χ2n) is 5.45. The summed E-state index contributed by atoms with van der Waals surface area (Å²) in [5, 5.41) is 4.53. The number of aromatic nitrogens is 1. The molecule has 3 rings (SSSR count). The highest BCUT2D eigenvalue weighted by Crippen LogP contribution is 2.20. The van der Waals surface area contributed by atoms with E-state index in [1.807, 2.05) is 30.1 Å². The van der Waals surface area contributed by atoms with E-state index in [1.165, 1.54) is 0 Å². The van der Waals surface area contributed by atoms with E-state index in [4.69, 9.17) is 0 Å². The van der Waals surface area contributed by atoms with Crippen LogP contribution in [0.1, 0.15) is 23.3 Å². The van der Waals surface area contributed by atoms with Crippen molar-refractivity contribution >= 4 is 29.1 Å². The van der Waals surface area contributed by atoms with Gasteiger partial charge < -0.3 is 15.2 Å². The van der Waals surface area contributed by atoms with Crippen molar-refractivity contribution in [2.45, 2.75) is 18.9 Å². The Balaban J connectivity index is 0.00000176. The fourth-order valence-corrected chi connectivity index (χ4v) is 3.03. The Morgan fingerprint density at radius 3 is 2.95 bits per heavy atom. The van der Waals surface area contributed by atoms with E-state index in [0.29, 0.717) is 11.1 Å². The third-order valence-electron chi connectivity index (χ3n) is 4.06. The third kappa shape index (κ3) is 3.00. The lowest BCUT2D eigenvalue weighted by molar-refractivity contribution is 0.0731. The number of amides is 1. The number of likely N-dealkylation sites (N-methyl/N-ethyl adjacent to an activating group) is 1. The number of halogens is 1. The summed E-state index contributed by atoms with van der Waals surface area (Å²) < 4.78 is 0. The maximum Gasteiger partial charge on any atom is 0.270 e. The van der Waals surface area contributed by atoms with Gasteiger partial charge in [-0.3, -0.25) is 9.59 Å². The summed E-state index contributed by atoms with van der Waals surface area (Å²) in [4.78, 5) is 29.3. The van der Waals surface area contributed by atoms with Gasteiger partial charge in [-0.15, -0.1) is 12.4 Å². The average Bonchev–Trinajstić information content (AvgIpc) is 2.95. The highest BCUT2D eigenvalue weighted by molar-refractivity contribution is 5.96. The lowest BCUT2D eigenvalue weighted by Crippen LogP contribution is -2.41. The Bertz CT molecular complexity index is 729. The smallest absolute Gasteiger partial charge is 0.270 e. The molecule has 2 aromatic rings. The number of likely N-dealkylation sites (tertiary alicyclic amines) is 1. The van der Waals surface area contributed by atoms with Crippen molar-refractivity contribution < 1.29 is 4.79 Å². The van der Waals surface area contributed by atoms with Crippen molar-refractivity contribution in [3.8, 4) is 0 Å². The molecule has 5 nitrogen and oxygen atoms in total. The van der Waals surface area contributed by atoms with E-state index in [9.17, 15) is 9.59 Å². The van der Waals surface area contributed by atoms with Crippen LogP contribution in [0.3, 0.4) is 0 Å². The molecule has 1 amide bonds. The third-order valence-corrected chi connectivity index (χ3v) is 4.06. The van der Waals surface area contributed by atoms with Crippen LogP contribution in [0.4, 0.5) is 0 Å². The molecule has 118 valence electrons. The van der Waals surface area contributed by atoms with Crippen molar-refractivity contribution in [3.05, 3.63) is 46.4 Å². The molecule has 1 atom stereocenters. The van der Waals surface area contributed by atoms with Gasteiger partial charge >= 0.3 is 0 Å². The number of nitrogens with one attached hydrogen (secondary N) is 2. The highest BCUT2D eigenvalue weighted by atomic mass is 35.5.